The predicted octanol–water partition coefficient (Wildman–Crippen LogP) is 25.2. The maximum absolute atomic E-state index is 12.4. The molecule has 16 heteroatoms. The smallest absolute Gasteiger partial charge is 0.420 e. The second-order valence-corrected chi connectivity index (χ2v) is 36.5. The molecule has 1 aliphatic carbocycles. The van der Waals surface area contributed by atoms with Crippen LogP contribution in [0.5, 0.6) is 40.2 Å². The zero-order valence-corrected chi connectivity index (χ0v) is 77.1. The second-order valence-electron chi connectivity index (χ2n) is 36.5. The molecular formula is C103H151F3N2O11. The number of aliphatic hydroxyl groups excluding tert-OH is 2. The summed E-state index contributed by atoms with van der Waals surface area (Å²) in [4.78, 5) is 4.93. The molecule has 3 atom stereocenters. The molecule has 0 amide bonds. The van der Waals surface area contributed by atoms with Crippen LogP contribution in [-0.4, -0.2) is 134 Å². The average Bonchev–Trinajstić information content (AvgIpc) is 1.62. The summed E-state index contributed by atoms with van der Waals surface area (Å²) in [6, 6.07) is 65.1. The van der Waals surface area contributed by atoms with E-state index < -0.39 is 36.2 Å². The standard InChI is InChI=1S/C15H22N2.C13H17F3O2.C13H20O2.2C13H20O.2C12H18O2.C12H16O/c1-12(2)13-4-6-14(7-5-13)17-10-15(11-17)8-16(3)9-15;1-9(2)10-4-6-11(7-5-10)18-8-12(3,17)13(14,15)16;1-10(2)11-5-7-12(8-6-11)15-9-13(3,4)14;2*1-10(2)9-14-13-7-5-12(6-8-13)11(3)4;2*1-9(2)11-4-6-12(7-5-11)14-8-10(3)13;1-9(2)10-3-5-11(6-4-10)13-12-7-8-12/h4-7,12H,8-11H2,1-3H3;4-7,9,17H,8H2,1-3H3;5-8,10,14H,9H2,1-4H3;2*5-8,10-11H,9H2,1-4H3;2*4-7,9-10,13H,8H2,1-3H3;3-6,9,12H,7-8H2,1-2H3/t;12-;;;;2*10-;/m.1...10./s1. The number of nitrogens with zero attached hydrogens (tertiary/aromatic N) is 2. The van der Waals surface area contributed by atoms with Crippen molar-refractivity contribution in [1.82, 2.24) is 4.90 Å². The van der Waals surface area contributed by atoms with E-state index in [4.69, 9.17) is 43.4 Å². The lowest BCUT2D eigenvalue weighted by Gasteiger charge is -2.60. The van der Waals surface area contributed by atoms with Crippen molar-refractivity contribution in [1.29, 1.82) is 0 Å². The predicted molar refractivity (Wildman–Crippen MR) is 489 cm³/mol. The summed E-state index contributed by atoms with van der Waals surface area (Å²) < 4.78 is 75.1. The lowest BCUT2D eigenvalue weighted by molar-refractivity contribution is -0.260. The third-order valence-corrected chi connectivity index (χ3v) is 19.7. The molecule has 13 nitrogen and oxygen atoms in total. The second kappa shape index (κ2) is 50.9. The molecule has 3 aliphatic rings. The SMILES string of the molecule is CC(C)COc1ccc(C(C)C)cc1.CC(C)COc1ccc(C(C)C)cc1.CC(C)c1ccc(N2CC3(CN(C)C3)C2)cc1.CC(C)c1ccc(OC2CC2)cc1.CC(C)c1ccc(OCC(C)(C)O)cc1.CC(C)c1ccc(OC[C@@H](C)O)cc1.CC(C)c1ccc(OC[C@@](C)(O)C(F)(F)F)cc1.CC(C)c1ccc(OC[C@H](C)O)cc1. The largest absolute Gasteiger partial charge is 0.493 e. The monoisotopic (exact) mass is 1650 g/mol. The van der Waals surface area contributed by atoms with Gasteiger partial charge in [0.2, 0.25) is 0 Å². The van der Waals surface area contributed by atoms with Crippen LogP contribution in [0.2, 0.25) is 0 Å². The Morgan fingerprint density at radius 2 is 0.555 bits per heavy atom. The number of halogens is 3. The summed E-state index contributed by atoms with van der Waals surface area (Å²) in [7, 11) is 2.21. The number of hydrogen-bond acceptors (Lipinski definition) is 13. The van der Waals surface area contributed by atoms with Crippen LogP contribution in [0.25, 0.3) is 0 Å². The zero-order chi connectivity index (χ0) is 89.0. The van der Waals surface area contributed by atoms with Gasteiger partial charge in [-0.15, -0.1) is 0 Å². The first-order valence-corrected chi connectivity index (χ1v) is 43.3. The quantitative estimate of drug-likeness (QED) is 0.0352. The molecule has 4 N–H and O–H groups in total. The first kappa shape index (κ1) is 103. The molecule has 8 aromatic rings. The zero-order valence-electron chi connectivity index (χ0n) is 77.1. The topological polar surface area (TPSA) is 152 Å². The van der Waals surface area contributed by atoms with Crippen LogP contribution in [0, 0.1) is 17.3 Å². The molecule has 660 valence electrons. The first-order chi connectivity index (χ1) is 55.7. The highest BCUT2D eigenvalue weighted by Gasteiger charge is 2.51. The fourth-order valence-electron chi connectivity index (χ4n) is 11.8. The Morgan fingerprint density at radius 1 is 0.328 bits per heavy atom. The van der Waals surface area contributed by atoms with E-state index in [1.165, 1.54) is 83.7 Å². The Bertz CT molecular complexity index is 3720. The normalized spacial score (nSPS) is 14.5. The van der Waals surface area contributed by atoms with Crippen molar-refractivity contribution in [2.75, 3.05) is 77.8 Å². The van der Waals surface area contributed by atoms with Crippen LogP contribution in [-0.2, 0) is 0 Å². The van der Waals surface area contributed by atoms with Gasteiger partial charge >= 0.3 is 6.18 Å². The molecule has 1 spiro atoms. The lowest BCUT2D eigenvalue weighted by Crippen LogP contribution is -2.71. The van der Waals surface area contributed by atoms with E-state index in [-0.39, 0.29) is 0 Å². The van der Waals surface area contributed by atoms with Gasteiger partial charge in [0.05, 0.1) is 37.1 Å². The minimum absolute atomic E-state index is 0.309. The third kappa shape index (κ3) is 41.3. The molecule has 0 radical (unpaired) electrons. The van der Waals surface area contributed by atoms with Crippen molar-refractivity contribution in [3.05, 3.63) is 239 Å². The maximum Gasteiger partial charge on any atom is 0.420 e. The average molecular weight is 1650 g/mol. The van der Waals surface area contributed by atoms with Gasteiger partial charge in [0.15, 0.2) is 5.60 Å². The van der Waals surface area contributed by atoms with E-state index in [1.807, 2.05) is 50.2 Å². The highest BCUT2D eigenvalue weighted by Crippen LogP contribution is 2.42. The van der Waals surface area contributed by atoms with Crippen molar-refractivity contribution < 1.29 is 66.8 Å². The van der Waals surface area contributed by atoms with E-state index >= 15 is 0 Å². The molecule has 3 fully saturated rings. The van der Waals surface area contributed by atoms with Gasteiger partial charge in [0, 0.05) is 37.3 Å². The minimum Gasteiger partial charge on any atom is -0.493 e. The molecule has 1 saturated carbocycles. The Labute approximate surface area is 716 Å². The fraction of sp³-hybridized carbons (Fsp3) is 0.534. The fourth-order valence-corrected chi connectivity index (χ4v) is 11.8. The number of likely N-dealkylation sites (tertiary alicyclic amines) is 1. The Hall–Kier alpha value is -8.25. The van der Waals surface area contributed by atoms with E-state index in [9.17, 15) is 23.4 Å². The Balaban J connectivity index is 0.000000286. The van der Waals surface area contributed by atoms with Gasteiger partial charge in [-0.2, -0.15) is 13.2 Å². The van der Waals surface area contributed by atoms with E-state index in [1.54, 1.807) is 52.0 Å². The molecule has 2 aliphatic heterocycles. The molecule has 119 heavy (non-hydrogen) atoms. The number of alkyl halides is 3. The van der Waals surface area contributed by atoms with Gasteiger partial charge in [0.25, 0.3) is 0 Å². The summed E-state index contributed by atoms with van der Waals surface area (Å²) in [5, 5.41) is 36.8. The summed E-state index contributed by atoms with van der Waals surface area (Å²) in [5.41, 5.74) is 8.92. The van der Waals surface area contributed by atoms with Crippen LogP contribution in [0.15, 0.2) is 194 Å². The number of ether oxygens (including phenoxy) is 7. The van der Waals surface area contributed by atoms with Crippen molar-refractivity contribution in [3.63, 3.8) is 0 Å². The molecular weight excluding hydrogens is 1500 g/mol. The highest BCUT2D eigenvalue weighted by atomic mass is 19.4. The van der Waals surface area contributed by atoms with Gasteiger partial charge < -0.3 is 63.4 Å². The van der Waals surface area contributed by atoms with Crippen LogP contribution in [0.4, 0.5) is 18.9 Å². The molecule has 8 aromatic carbocycles. The van der Waals surface area contributed by atoms with E-state index in [0.29, 0.717) is 103 Å². The lowest BCUT2D eigenvalue weighted by atomic mass is 9.73. The van der Waals surface area contributed by atoms with E-state index in [0.717, 1.165) is 53.3 Å². The first-order valence-electron chi connectivity index (χ1n) is 43.3. The highest BCUT2D eigenvalue weighted by molar-refractivity contribution is 5.52. The van der Waals surface area contributed by atoms with Crippen molar-refractivity contribution in [2.45, 2.75) is 269 Å². The van der Waals surface area contributed by atoms with Gasteiger partial charge in [-0.25, -0.2) is 0 Å². The number of rotatable bonds is 29. The Kier molecular flexibility index (Phi) is 44.1. The van der Waals surface area contributed by atoms with Crippen LogP contribution in [0.1, 0.15) is 278 Å². The van der Waals surface area contributed by atoms with E-state index in [2.05, 4.69) is 275 Å². The van der Waals surface area contributed by atoms with Crippen molar-refractivity contribution in [2.24, 2.45) is 17.3 Å². The summed E-state index contributed by atoms with van der Waals surface area (Å²) >= 11 is 0. The van der Waals surface area contributed by atoms with Crippen LogP contribution < -0.4 is 38.1 Å². The summed E-state index contributed by atoms with van der Waals surface area (Å²) in [5.74, 6) is 11.3. The third-order valence-electron chi connectivity index (χ3n) is 19.7. The maximum atomic E-state index is 12.4. The van der Waals surface area contributed by atoms with Gasteiger partial charge in [-0.1, -0.05) is 236 Å². The van der Waals surface area contributed by atoms with Crippen LogP contribution in [0.3, 0.4) is 0 Å². The molecule has 0 aromatic heterocycles. The Morgan fingerprint density at radius 3 is 0.765 bits per heavy atom. The molecule has 11 rings (SSSR count). The number of benzene rings is 8. The number of hydrogen-bond donors (Lipinski definition) is 4. The van der Waals surface area contributed by atoms with Gasteiger partial charge in [0.1, 0.15) is 66.7 Å². The molecule has 2 heterocycles. The van der Waals surface area contributed by atoms with Crippen LogP contribution >= 0.6 is 0 Å². The number of anilines is 1. The van der Waals surface area contributed by atoms with Crippen molar-refractivity contribution in [3.8, 4) is 40.2 Å². The summed E-state index contributed by atoms with van der Waals surface area (Å²) in [6.45, 7) is 57.7. The molecule has 0 unspecified atom stereocenters. The van der Waals surface area contributed by atoms with Crippen molar-refractivity contribution >= 4 is 5.69 Å². The molecule has 2 saturated heterocycles. The van der Waals surface area contributed by atoms with Gasteiger partial charge in [-0.05, 0) is 255 Å². The molecule has 0 bridgehead atoms. The summed E-state index contributed by atoms with van der Waals surface area (Å²) in [6.07, 6.45) is -2.58. The van der Waals surface area contributed by atoms with Gasteiger partial charge in [-0.3, -0.25) is 0 Å². The number of aliphatic hydroxyl groups is 4. The minimum atomic E-state index is -4.70.